The number of aryl methyl sites for hydroxylation is 1. The van der Waals surface area contributed by atoms with E-state index in [0.717, 1.165) is 77.6 Å². The van der Waals surface area contributed by atoms with Gasteiger partial charge in [-0.1, -0.05) is 30.3 Å². The fourth-order valence-corrected chi connectivity index (χ4v) is 7.03. The molecule has 0 radical (unpaired) electrons. The van der Waals surface area contributed by atoms with Crippen LogP contribution in [0.3, 0.4) is 0 Å². The highest BCUT2D eigenvalue weighted by Gasteiger charge is 2.29. The van der Waals surface area contributed by atoms with Gasteiger partial charge >= 0.3 is 0 Å². The average Bonchev–Trinajstić information content (AvgIpc) is 3.67. The Labute approximate surface area is 230 Å². The van der Waals surface area contributed by atoms with Crippen molar-refractivity contribution in [3.8, 4) is 0 Å². The molecule has 0 aliphatic carbocycles. The Morgan fingerprint density at radius 3 is 2.63 bits per heavy atom. The fourth-order valence-electron chi connectivity index (χ4n) is 6.24. The molecule has 2 fully saturated rings. The molecule has 4 heterocycles. The van der Waals surface area contributed by atoms with Crippen molar-refractivity contribution in [3.05, 3.63) is 59.2 Å². The molecule has 1 atom stereocenters. The van der Waals surface area contributed by atoms with Crippen LogP contribution in [0.4, 0.5) is 5.82 Å². The number of carbonyl (C=O) groups is 1. The first-order chi connectivity index (χ1) is 18.5. The zero-order valence-corrected chi connectivity index (χ0v) is 23.6. The van der Waals surface area contributed by atoms with E-state index in [9.17, 15) is 4.79 Å². The van der Waals surface area contributed by atoms with E-state index >= 15 is 0 Å². The van der Waals surface area contributed by atoms with Gasteiger partial charge in [0.15, 0.2) is 0 Å². The molecular formula is C30H40N6OS. The fraction of sp³-hybridized carbons (Fsp3) is 0.533. The Morgan fingerprint density at radius 2 is 1.82 bits per heavy atom. The predicted octanol–water partition coefficient (Wildman–Crippen LogP) is 3.53. The normalized spacial score (nSPS) is 20.7. The van der Waals surface area contributed by atoms with E-state index in [0.29, 0.717) is 12.6 Å². The Bertz CT molecular complexity index is 1270. The predicted molar refractivity (Wildman–Crippen MR) is 156 cm³/mol. The van der Waals surface area contributed by atoms with Crippen molar-refractivity contribution < 1.29 is 4.79 Å². The number of anilines is 1. The molecule has 6 rings (SSSR count). The number of likely N-dealkylation sites (N-methyl/N-ethyl adjacent to an activating group) is 1. The smallest absolute Gasteiger partial charge is 0.237 e. The molecule has 38 heavy (non-hydrogen) atoms. The summed E-state index contributed by atoms with van der Waals surface area (Å²) in [5.41, 5.74) is 4.06. The van der Waals surface area contributed by atoms with Crippen molar-refractivity contribution in [2.24, 2.45) is 0 Å². The monoisotopic (exact) mass is 532 g/mol. The van der Waals surface area contributed by atoms with Gasteiger partial charge in [-0.05, 0) is 80.3 Å². The maximum absolute atomic E-state index is 13.0. The molecule has 3 aromatic rings. The van der Waals surface area contributed by atoms with Gasteiger partial charge in [0.2, 0.25) is 5.91 Å². The van der Waals surface area contributed by atoms with Gasteiger partial charge in [-0.3, -0.25) is 14.6 Å². The number of aromatic nitrogens is 1. The Balaban J connectivity index is 0.944. The number of piperazine rings is 1. The summed E-state index contributed by atoms with van der Waals surface area (Å²) in [6.45, 7) is 9.52. The Hall–Kier alpha value is -2.52. The topological polar surface area (TPSA) is 46.2 Å². The average molecular weight is 533 g/mol. The molecule has 1 unspecified atom stereocenters. The summed E-state index contributed by atoms with van der Waals surface area (Å²) in [7, 11) is 4.27. The minimum atomic E-state index is 0.270. The maximum atomic E-state index is 13.0. The first kappa shape index (κ1) is 25.7. The van der Waals surface area contributed by atoms with E-state index in [1.165, 1.54) is 33.2 Å². The van der Waals surface area contributed by atoms with Gasteiger partial charge in [0.25, 0.3) is 0 Å². The van der Waals surface area contributed by atoms with Crippen LogP contribution in [0, 0.1) is 0 Å². The molecule has 1 amide bonds. The second kappa shape index (κ2) is 11.3. The number of benzene rings is 2. The highest BCUT2D eigenvalue weighted by molar-refractivity contribution is 7.13. The second-order valence-electron chi connectivity index (χ2n) is 11.4. The second-order valence-corrected chi connectivity index (χ2v) is 12.2. The van der Waals surface area contributed by atoms with E-state index < -0.39 is 0 Å². The van der Waals surface area contributed by atoms with Gasteiger partial charge < -0.3 is 14.7 Å². The number of fused-ring (bicyclic) bond motifs is 2. The van der Waals surface area contributed by atoms with Gasteiger partial charge in [-0.25, -0.2) is 0 Å². The van der Waals surface area contributed by atoms with Crippen LogP contribution in [0.5, 0.6) is 0 Å². The van der Waals surface area contributed by atoms with Gasteiger partial charge in [-0.2, -0.15) is 4.37 Å². The molecule has 0 saturated carbocycles. The summed E-state index contributed by atoms with van der Waals surface area (Å²) in [5.74, 6) is 1.43. The number of carbonyl (C=O) groups excluding carboxylic acids is 1. The molecule has 0 N–H and O–H groups in total. The lowest BCUT2D eigenvalue weighted by molar-refractivity contribution is -0.132. The third kappa shape index (κ3) is 5.59. The summed E-state index contributed by atoms with van der Waals surface area (Å²) in [6, 6.07) is 16.0. The molecule has 2 aromatic carbocycles. The number of nitrogens with zero attached hydrogens (tertiary/aromatic N) is 6. The molecule has 202 valence electrons. The van der Waals surface area contributed by atoms with Gasteiger partial charge in [0.1, 0.15) is 5.82 Å². The first-order valence-corrected chi connectivity index (χ1v) is 14.9. The van der Waals surface area contributed by atoms with Crippen LogP contribution in [-0.2, 0) is 24.3 Å². The number of hydrogen-bond acceptors (Lipinski definition) is 7. The minimum absolute atomic E-state index is 0.270. The Morgan fingerprint density at radius 1 is 1.00 bits per heavy atom. The lowest BCUT2D eigenvalue weighted by atomic mass is 10.0. The van der Waals surface area contributed by atoms with Gasteiger partial charge in [0.05, 0.1) is 11.2 Å². The Kier molecular flexibility index (Phi) is 7.66. The highest BCUT2D eigenvalue weighted by atomic mass is 32.1. The SMILES string of the molecule is CN(C)C1CCN(CC(=O)N2Cc3ccc(CCCN4CCN(c5nsc6ccccc56)CC4)cc3C2)C1. The largest absolute Gasteiger partial charge is 0.353 e. The summed E-state index contributed by atoms with van der Waals surface area (Å²) in [4.78, 5) is 24.7. The molecule has 8 heteroatoms. The molecular weight excluding hydrogens is 492 g/mol. The van der Waals surface area contributed by atoms with Crippen LogP contribution in [-0.4, -0.2) is 102 Å². The molecule has 0 bridgehead atoms. The van der Waals surface area contributed by atoms with Crippen molar-refractivity contribution in [1.82, 2.24) is 24.0 Å². The van der Waals surface area contributed by atoms with Crippen molar-refractivity contribution in [2.75, 3.05) is 71.4 Å². The number of hydrogen-bond donors (Lipinski definition) is 0. The zero-order valence-electron chi connectivity index (χ0n) is 22.8. The van der Waals surface area contributed by atoms with Crippen molar-refractivity contribution in [2.45, 2.75) is 38.4 Å². The van der Waals surface area contributed by atoms with E-state index in [1.807, 2.05) is 4.90 Å². The quantitative estimate of drug-likeness (QED) is 0.442. The summed E-state index contributed by atoms with van der Waals surface area (Å²) < 4.78 is 6.02. The number of amides is 1. The summed E-state index contributed by atoms with van der Waals surface area (Å²) >= 11 is 1.61. The van der Waals surface area contributed by atoms with E-state index in [1.54, 1.807) is 11.5 Å². The van der Waals surface area contributed by atoms with Crippen LogP contribution in [0.15, 0.2) is 42.5 Å². The zero-order chi connectivity index (χ0) is 26.1. The van der Waals surface area contributed by atoms with E-state index in [2.05, 4.69) is 76.2 Å². The van der Waals surface area contributed by atoms with Crippen LogP contribution < -0.4 is 4.90 Å². The number of rotatable bonds is 8. The van der Waals surface area contributed by atoms with E-state index in [-0.39, 0.29) is 5.91 Å². The van der Waals surface area contributed by atoms with Crippen LogP contribution >= 0.6 is 11.5 Å². The van der Waals surface area contributed by atoms with Crippen LogP contribution in [0.25, 0.3) is 10.1 Å². The summed E-state index contributed by atoms with van der Waals surface area (Å²) in [5, 5.41) is 1.29. The standard InChI is InChI=1S/C30H40N6OS/c1-32(2)26-11-13-34(21-26)22-29(37)36-19-24-10-9-23(18-25(24)20-36)6-5-12-33-14-16-35(17-15-33)30-27-7-3-4-8-28(27)38-31-30/h3-4,7-10,18,26H,5-6,11-17,19-22H2,1-2H3. The molecule has 3 aliphatic rings. The molecule has 3 aliphatic heterocycles. The van der Waals surface area contributed by atoms with Crippen molar-refractivity contribution in [3.63, 3.8) is 0 Å². The maximum Gasteiger partial charge on any atom is 0.237 e. The molecule has 1 aromatic heterocycles. The van der Waals surface area contributed by atoms with Crippen LogP contribution in [0.1, 0.15) is 29.5 Å². The third-order valence-corrected chi connectivity index (χ3v) is 9.47. The summed E-state index contributed by atoms with van der Waals surface area (Å²) in [6.07, 6.45) is 3.42. The molecule has 2 saturated heterocycles. The minimum Gasteiger partial charge on any atom is -0.353 e. The van der Waals surface area contributed by atoms with Gasteiger partial charge in [-0.15, -0.1) is 0 Å². The lowest BCUT2D eigenvalue weighted by Crippen LogP contribution is -2.46. The van der Waals surface area contributed by atoms with E-state index in [4.69, 9.17) is 4.37 Å². The lowest BCUT2D eigenvalue weighted by Gasteiger charge is -2.35. The van der Waals surface area contributed by atoms with Crippen molar-refractivity contribution in [1.29, 1.82) is 0 Å². The molecule has 0 spiro atoms. The third-order valence-electron chi connectivity index (χ3n) is 8.65. The van der Waals surface area contributed by atoms with Crippen LogP contribution in [0.2, 0.25) is 0 Å². The first-order valence-electron chi connectivity index (χ1n) is 14.1. The van der Waals surface area contributed by atoms with Gasteiger partial charge in [0, 0.05) is 63.8 Å². The number of likely N-dealkylation sites (tertiary alicyclic amines) is 1. The highest BCUT2D eigenvalue weighted by Crippen LogP contribution is 2.30. The molecule has 7 nitrogen and oxygen atoms in total. The van der Waals surface area contributed by atoms with Crippen molar-refractivity contribution >= 4 is 33.3 Å².